The van der Waals surface area contributed by atoms with Crippen LogP contribution in [0.3, 0.4) is 0 Å². The SMILES string of the molecule is CCOP(C#Cc1ccc(C)cc1)OCC. The van der Waals surface area contributed by atoms with Crippen LogP contribution in [0.15, 0.2) is 24.3 Å². The maximum absolute atomic E-state index is 5.40. The summed E-state index contributed by atoms with van der Waals surface area (Å²) in [5.74, 6) is 3.07. The summed E-state index contributed by atoms with van der Waals surface area (Å²) in [6.07, 6.45) is 0. The highest BCUT2D eigenvalue weighted by Crippen LogP contribution is 2.36. The second kappa shape index (κ2) is 7.41. The molecule has 0 unspecified atom stereocenters. The van der Waals surface area contributed by atoms with Gasteiger partial charge in [-0.1, -0.05) is 23.6 Å². The minimum atomic E-state index is -1.05. The van der Waals surface area contributed by atoms with Crippen molar-refractivity contribution in [2.45, 2.75) is 20.8 Å². The van der Waals surface area contributed by atoms with Gasteiger partial charge in [-0.25, -0.2) is 0 Å². The maximum Gasteiger partial charge on any atom is 0.257 e. The predicted molar refractivity (Wildman–Crippen MR) is 68.2 cm³/mol. The maximum atomic E-state index is 5.40. The van der Waals surface area contributed by atoms with Gasteiger partial charge in [-0.3, -0.25) is 0 Å². The van der Waals surface area contributed by atoms with E-state index >= 15 is 0 Å². The molecule has 0 aromatic heterocycles. The van der Waals surface area contributed by atoms with E-state index in [4.69, 9.17) is 9.05 Å². The van der Waals surface area contributed by atoms with Crippen LogP contribution in [0.2, 0.25) is 0 Å². The van der Waals surface area contributed by atoms with Crippen LogP contribution in [-0.4, -0.2) is 13.2 Å². The van der Waals surface area contributed by atoms with Gasteiger partial charge in [0.1, 0.15) is 0 Å². The second-order valence-corrected chi connectivity index (χ2v) is 4.45. The first kappa shape index (κ1) is 13.2. The fraction of sp³-hybridized carbons (Fsp3) is 0.385. The van der Waals surface area contributed by atoms with Crippen LogP contribution in [0.5, 0.6) is 0 Å². The van der Waals surface area contributed by atoms with Crippen molar-refractivity contribution in [2.75, 3.05) is 13.2 Å². The lowest BCUT2D eigenvalue weighted by atomic mass is 10.2. The Hall–Kier alpha value is -0.870. The van der Waals surface area contributed by atoms with Crippen LogP contribution in [0, 0.1) is 18.5 Å². The van der Waals surface area contributed by atoms with Crippen molar-refractivity contribution in [3.05, 3.63) is 35.4 Å². The Kier molecular flexibility index (Phi) is 6.11. The van der Waals surface area contributed by atoms with E-state index in [2.05, 4.69) is 18.5 Å². The summed E-state index contributed by atoms with van der Waals surface area (Å²) in [5.41, 5.74) is 5.26. The minimum absolute atomic E-state index is 0.633. The van der Waals surface area contributed by atoms with Gasteiger partial charge in [-0.2, -0.15) is 0 Å². The fourth-order valence-corrected chi connectivity index (χ4v) is 1.98. The first-order chi connectivity index (χ1) is 7.76. The van der Waals surface area contributed by atoms with E-state index in [-0.39, 0.29) is 0 Å². The molecule has 0 amide bonds. The van der Waals surface area contributed by atoms with Crippen LogP contribution >= 0.6 is 8.38 Å². The molecule has 0 aliphatic rings. The Morgan fingerprint density at radius 3 is 2.12 bits per heavy atom. The molecule has 0 spiro atoms. The van der Waals surface area contributed by atoms with Gasteiger partial charge in [0.25, 0.3) is 8.38 Å². The zero-order valence-corrected chi connectivity index (χ0v) is 10.9. The molecular formula is C13H17O2P. The predicted octanol–water partition coefficient (Wildman–Crippen LogP) is 3.69. The summed E-state index contributed by atoms with van der Waals surface area (Å²) in [5, 5.41) is 0. The van der Waals surface area contributed by atoms with E-state index in [0.29, 0.717) is 13.2 Å². The third kappa shape index (κ3) is 4.77. The van der Waals surface area contributed by atoms with Crippen molar-refractivity contribution in [2.24, 2.45) is 0 Å². The van der Waals surface area contributed by atoms with Gasteiger partial charge in [0, 0.05) is 5.56 Å². The van der Waals surface area contributed by atoms with Gasteiger partial charge in [0.2, 0.25) is 0 Å². The van der Waals surface area contributed by atoms with Gasteiger partial charge in [0.05, 0.1) is 13.2 Å². The molecule has 1 rings (SSSR count). The average Bonchev–Trinajstić information content (AvgIpc) is 2.29. The van der Waals surface area contributed by atoms with Crippen molar-refractivity contribution in [3.63, 3.8) is 0 Å². The van der Waals surface area contributed by atoms with E-state index < -0.39 is 8.38 Å². The van der Waals surface area contributed by atoms with Crippen LogP contribution in [0.1, 0.15) is 25.0 Å². The van der Waals surface area contributed by atoms with Gasteiger partial charge in [-0.15, -0.1) is 0 Å². The lowest BCUT2D eigenvalue weighted by molar-refractivity contribution is 0.278. The Morgan fingerprint density at radius 2 is 1.62 bits per heavy atom. The number of hydrogen-bond donors (Lipinski definition) is 0. The highest BCUT2D eigenvalue weighted by molar-refractivity contribution is 7.52. The molecule has 2 nitrogen and oxygen atoms in total. The van der Waals surface area contributed by atoms with Crippen molar-refractivity contribution in [1.82, 2.24) is 0 Å². The summed E-state index contributed by atoms with van der Waals surface area (Å²) < 4.78 is 10.8. The van der Waals surface area contributed by atoms with Crippen molar-refractivity contribution >= 4 is 8.38 Å². The van der Waals surface area contributed by atoms with Gasteiger partial charge in [0.15, 0.2) is 0 Å². The van der Waals surface area contributed by atoms with Gasteiger partial charge >= 0.3 is 0 Å². The molecule has 0 aliphatic heterocycles. The molecule has 0 heterocycles. The summed E-state index contributed by atoms with van der Waals surface area (Å²) in [6.45, 7) is 7.22. The molecule has 16 heavy (non-hydrogen) atoms. The minimum Gasteiger partial charge on any atom is -0.325 e. The second-order valence-electron chi connectivity index (χ2n) is 3.20. The number of hydrogen-bond acceptors (Lipinski definition) is 2. The van der Waals surface area contributed by atoms with Crippen molar-refractivity contribution < 1.29 is 9.05 Å². The Labute approximate surface area is 98.9 Å². The number of benzene rings is 1. The molecule has 0 atom stereocenters. The van der Waals surface area contributed by atoms with Crippen LogP contribution in [0.4, 0.5) is 0 Å². The smallest absolute Gasteiger partial charge is 0.257 e. The zero-order valence-electron chi connectivity index (χ0n) is 9.99. The van der Waals surface area contributed by atoms with Crippen LogP contribution in [0.25, 0.3) is 0 Å². The molecule has 0 saturated carbocycles. The lowest BCUT2D eigenvalue weighted by Gasteiger charge is -2.07. The van der Waals surface area contributed by atoms with Gasteiger partial charge < -0.3 is 9.05 Å². The summed E-state index contributed by atoms with van der Waals surface area (Å²) >= 11 is 0. The molecule has 0 bridgehead atoms. The van der Waals surface area contributed by atoms with Crippen LogP contribution in [-0.2, 0) is 9.05 Å². The van der Waals surface area contributed by atoms with E-state index in [9.17, 15) is 0 Å². The molecule has 86 valence electrons. The topological polar surface area (TPSA) is 18.5 Å². The lowest BCUT2D eigenvalue weighted by Crippen LogP contribution is -1.88. The quantitative estimate of drug-likeness (QED) is 0.586. The summed E-state index contributed by atoms with van der Waals surface area (Å²) in [6, 6.07) is 8.11. The van der Waals surface area contributed by atoms with Crippen molar-refractivity contribution in [3.8, 4) is 11.6 Å². The van der Waals surface area contributed by atoms with Gasteiger partial charge in [-0.05, 0) is 38.6 Å². The van der Waals surface area contributed by atoms with Crippen molar-refractivity contribution in [1.29, 1.82) is 0 Å². The average molecular weight is 236 g/mol. The van der Waals surface area contributed by atoms with E-state index in [1.165, 1.54) is 5.56 Å². The first-order valence-corrected chi connectivity index (χ1v) is 6.58. The fourth-order valence-electron chi connectivity index (χ4n) is 1.08. The largest absolute Gasteiger partial charge is 0.325 e. The third-order valence-electron chi connectivity index (χ3n) is 1.84. The Morgan fingerprint density at radius 1 is 1.06 bits per heavy atom. The normalized spacial score (nSPS) is 10.0. The molecular weight excluding hydrogens is 219 g/mol. The number of rotatable bonds is 4. The third-order valence-corrected chi connectivity index (χ3v) is 3.12. The van der Waals surface area contributed by atoms with E-state index in [1.807, 2.05) is 38.1 Å². The standard InChI is InChI=1S/C13H17O2P/c1-4-14-16(15-5-2)11-10-13-8-6-12(3)7-9-13/h6-9H,4-5H2,1-3H3. The highest BCUT2D eigenvalue weighted by Gasteiger charge is 2.03. The molecule has 0 N–H and O–H groups in total. The molecule has 0 aliphatic carbocycles. The van der Waals surface area contributed by atoms with Crippen LogP contribution < -0.4 is 0 Å². The Bertz CT molecular complexity index is 356. The molecule has 0 fully saturated rings. The van der Waals surface area contributed by atoms with E-state index in [1.54, 1.807) is 0 Å². The monoisotopic (exact) mass is 236 g/mol. The molecule has 3 heteroatoms. The zero-order chi connectivity index (χ0) is 11.8. The van der Waals surface area contributed by atoms with E-state index in [0.717, 1.165) is 5.56 Å². The summed E-state index contributed by atoms with van der Waals surface area (Å²) in [7, 11) is -1.05. The molecule has 0 radical (unpaired) electrons. The molecule has 0 saturated heterocycles. The highest BCUT2D eigenvalue weighted by atomic mass is 31.2. The first-order valence-electron chi connectivity index (χ1n) is 5.40. The molecule has 1 aromatic carbocycles. The molecule has 1 aromatic rings. The Balaban J connectivity index is 2.66. The number of aryl methyl sites for hydroxylation is 1. The summed E-state index contributed by atoms with van der Waals surface area (Å²) in [4.78, 5) is 0.